The van der Waals surface area contributed by atoms with Gasteiger partial charge in [-0.15, -0.1) is 0 Å². The van der Waals surface area contributed by atoms with Crippen molar-refractivity contribution in [3.8, 4) is 5.75 Å². The van der Waals surface area contributed by atoms with Gasteiger partial charge in [-0.05, 0) is 18.6 Å². The van der Waals surface area contributed by atoms with Crippen LogP contribution in [0.25, 0.3) is 0 Å². The minimum Gasteiger partial charge on any atom is -0.506 e. The highest BCUT2D eigenvalue weighted by molar-refractivity contribution is 5.54. The van der Waals surface area contributed by atoms with Crippen LogP contribution in [0.1, 0.15) is 45.4 Å². The van der Waals surface area contributed by atoms with Gasteiger partial charge in [0.25, 0.3) is 0 Å². The highest BCUT2D eigenvalue weighted by Gasteiger charge is 1.97. The van der Waals surface area contributed by atoms with E-state index in [4.69, 9.17) is 0 Å². The Morgan fingerprint density at radius 3 is 2.44 bits per heavy atom. The number of benzene rings is 1. The monoisotopic (exact) mass is 221 g/mol. The van der Waals surface area contributed by atoms with Crippen LogP contribution in [0.15, 0.2) is 24.3 Å². The van der Waals surface area contributed by atoms with Crippen molar-refractivity contribution in [2.45, 2.75) is 45.4 Å². The molecule has 0 aromatic heterocycles. The van der Waals surface area contributed by atoms with Gasteiger partial charge in [-0.1, -0.05) is 51.2 Å². The van der Waals surface area contributed by atoms with Gasteiger partial charge in [0.15, 0.2) is 0 Å². The van der Waals surface area contributed by atoms with Crippen molar-refractivity contribution in [3.05, 3.63) is 24.3 Å². The van der Waals surface area contributed by atoms with E-state index in [1.807, 2.05) is 18.2 Å². The highest BCUT2D eigenvalue weighted by atomic mass is 16.3. The molecule has 0 atom stereocenters. The van der Waals surface area contributed by atoms with Crippen molar-refractivity contribution in [1.82, 2.24) is 0 Å². The number of para-hydroxylation sites is 2. The van der Waals surface area contributed by atoms with Gasteiger partial charge in [0.2, 0.25) is 0 Å². The normalized spacial score (nSPS) is 10.3. The first-order valence-electron chi connectivity index (χ1n) is 6.36. The van der Waals surface area contributed by atoms with E-state index in [1.165, 1.54) is 38.5 Å². The first-order valence-corrected chi connectivity index (χ1v) is 6.36. The van der Waals surface area contributed by atoms with Gasteiger partial charge >= 0.3 is 0 Å². The molecule has 0 aliphatic carbocycles. The fourth-order valence-corrected chi connectivity index (χ4v) is 1.75. The quantitative estimate of drug-likeness (QED) is 0.510. The molecule has 0 spiro atoms. The lowest BCUT2D eigenvalue weighted by molar-refractivity contribution is 0.477. The maximum Gasteiger partial charge on any atom is 0.138 e. The van der Waals surface area contributed by atoms with E-state index in [1.54, 1.807) is 6.07 Å². The molecule has 2 nitrogen and oxygen atoms in total. The van der Waals surface area contributed by atoms with Crippen molar-refractivity contribution in [3.63, 3.8) is 0 Å². The molecule has 0 amide bonds. The summed E-state index contributed by atoms with van der Waals surface area (Å²) in [7, 11) is 0. The van der Waals surface area contributed by atoms with Crippen LogP contribution >= 0.6 is 0 Å². The summed E-state index contributed by atoms with van der Waals surface area (Å²) in [6, 6.07) is 7.39. The summed E-state index contributed by atoms with van der Waals surface area (Å²) >= 11 is 0. The van der Waals surface area contributed by atoms with Gasteiger partial charge in [-0.25, -0.2) is 0 Å². The molecule has 2 N–H and O–H groups in total. The van der Waals surface area contributed by atoms with Gasteiger partial charge in [-0.3, -0.25) is 0 Å². The molecule has 0 unspecified atom stereocenters. The summed E-state index contributed by atoms with van der Waals surface area (Å²) in [4.78, 5) is 0. The zero-order valence-electron chi connectivity index (χ0n) is 10.2. The molecule has 16 heavy (non-hydrogen) atoms. The lowest BCUT2D eigenvalue weighted by atomic mass is 10.1. The smallest absolute Gasteiger partial charge is 0.138 e. The number of hydrogen-bond donors (Lipinski definition) is 2. The minimum absolute atomic E-state index is 0.341. The van der Waals surface area contributed by atoms with E-state index in [9.17, 15) is 5.11 Å². The van der Waals surface area contributed by atoms with E-state index in [0.29, 0.717) is 5.75 Å². The second-order valence-electron chi connectivity index (χ2n) is 4.21. The number of phenols is 1. The zero-order chi connectivity index (χ0) is 11.6. The molecule has 1 aromatic carbocycles. The highest BCUT2D eigenvalue weighted by Crippen LogP contribution is 2.21. The standard InChI is InChI=1S/C14H23NO/c1-2-3-4-5-6-9-12-15-13-10-7-8-11-14(13)16/h7-8,10-11,15-16H,2-6,9,12H2,1H3. The van der Waals surface area contributed by atoms with Crippen molar-refractivity contribution in [1.29, 1.82) is 0 Å². The number of rotatable bonds is 8. The number of aromatic hydroxyl groups is 1. The SMILES string of the molecule is CCCCCCCCNc1ccccc1O. The fourth-order valence-electron chi connectivity index (χ4n) is 1.75. The minimum atomic E-state index is 0.341. The largest absolute Gasteiger partial charge is 0.506 e. The van der Waals surface area contributed by atoms with Gasteiger partial charge < -0.3 is 10.4 Å². The van der Waals surface area contributed by atoms with E-state index in [2.05, 4.69) is 12.2 Å². The number of unbranched alkanes of at least 4 members (excludes halogenated alkanes) is 5. The topological polar surface area (TPSA) is 32.3 Å². The Kier molecular flexibility index (Phi) is 6.47. The van der Waals surface area contributed by atoms with Crippen molar-refractivity contribution in [2.75, 3.05) is 11.9 Å². The number of hydrogen-bond acceptors (Lipinski definition) is 2. The predicted octanol–water partition coefficient (Wildman–Crippen LogP) is 4.16. The van der Waals surface area contributed by atoms with Crippen LogP contribution < -0.4 is 5.32 Å². The van der Waals surface area contributed by atoms with E-state index < -0.39 is 0 Å². The van der Waals surface area contributed by atoms with Crippen LogP contribution in [0.4, 0.5) is 5.69 Å². The molecular weight excluding hydrogens is 198 g/mol. The van der Waals surface area contributed by atoms with Gasteiger partial charge in [-0.2, -0.15) is 0 Å². The first-order chi connectivity index (χ1) is 7.84. The molecule has 90 valence electrons. The van der Waals surface area contributed by atoms with Gasteiger partial charge in [0, 0.05) is 6.54 Å². The Morgan fingerprint density at radius 1 is 1.00 bits per heavy atom. The van der Waals surface area contributed by atoms with E-state index in [-0.39, 0.29) is 0 Å². The third-order valence-corrected chi connectivity index (χ3v) is 2.75. The fraction of sp³-hybridized carbons (Fsp3) is 0.571. The van der Waals surface area contributed by atoms with Crippen LogP contribution in [0.2, 0.25) is 0 Å². The Labute approximate surface area is 98.7 Å². The molecule has 0 radical (unpaired) electrons. The average Bonchev–Trinajstić information content (AvgIpc) is 2.30. The lowest BCUT2D eigenvalue weighted by Crippen LogP contribution is -2.01. The van der Waals surface area contributed by atoms with Crippen LogP contribution in [-0.4, -0.2) is 11.7 Å². The maximum atomic E-state index is 9.52. The summed E-state index contributed by atoms with van der Waals surface area (Å²) in [6.45, 7) is 3.18. The average molecular weight is 221 g/mol. The number of nitrogens with one attached hydrogen (secondary N) is 1. The van der Waals surface area contributed by atoms with Crippen molar-refractivity contribution >= 4 is 5.69 Å². The summed E-state index contributed by atoms with van der Waals surface area (Å²) in [5.74, 6) is 0.341. The summed E-state index contributed by atoms with van der Waals surface area (Å²) < 4.78 is 0. The second-order valence-corrected chi connectivity index (χ2v) is 4.21. The maximum absolute atomic E-state index is 9.52. The molecule has 0 saturated heterocycles. The molecule has 0 bridgehead atoms. The molecule has 0 heterocycles. The summed E-state index contributed by atoms with van der Waals surface area (Å²) in [5.41, 5.74) is 0.844. The van der Waals surface area contributed by atoms with E-state index >= 15 is 0 Å². The number of phenolic OH excluding ortho intramolecular Hbond substituents is 1. The molecule has 0 aliphatic rings. The molecule has 0 saturated carbocycles. The molecule has 1 rings (SSSR count). The van der Waals surface area contributed by atoms with Crippen molar-refractivity contribution < 1.29 is 5.11 Å². The Morgan fingerprint density at radius 2 is 1.69 bits per heavy atom. The summed E-state index contributed by atoms with van der Waals surface area (Å²) in [6.07, 6.45) is 7.80. The van der Waals surface area contributed by atoms with Crippen molar-refractivity contribution in [2.24, 2.45) is 0 Å². The Balaban J connectivity index is 2.05. The first kappa shape index (κ1) is 12.9. The molecule has 0 fully saturated rings. The second kappa shape index (κ2) is 8.03. The Hall–Kier alpha value is -1.18. The van der Waals surface area contributed by atoms with Crippen LogP contribution in [0.3, 0.4) is 0 Å². The van der Waals surface area contributed by atoms with Crippen LogP contribution in [0.5, 0.6) is 5.75 Å². The van der Waals surface area contributed by atoms with Crippen LogP contribution in [-0.2, 0) is 0 Å². The predicted molar refractivity (Wildman–Crippen MR) is 70.0 cm³/mol. The Bertz CT molecular complexity index is 286. The van der Waals surface area contributed by atoms with Crippen LogP contribution in [0, 0.1) is 0 Å². The molecule has 0 aliphatic heterocycles. The number of anilines is 1. The summed E-state index contributed by atoms with van der Waals surface area (Å²) in [5, 5.41) is 12.8. The molecular formula is C14H23NO. The third-order valence-electron chi connectivity index (χ3n) is 2.75. The van der Waals surface area contributed by atoms with Gasteiger partial charge in [0.05, 0.1) is 5.69 Å². The van der Waals surface area contributed by atoms with Gasteiger partial charge in [0.1, 0.15) is 5.75 Å². The lowest BCUT2D eigenvalue weighted by Gasteiger charge is -2.07. The third kappa shape index (κ3) is 5.06. The van der Waals surface area contributed by atoms with E-state index in [0.717, 1.165) is 12.2 Å². The zero-order valence-corrected chi connectivity index (χ0v) is 10.2. The molecule has 2 heteroatoms. The molecule has 1 aromatic rings.